The minimum Gasteiger partial charge on any atom is -0.361 e. The molecule has 3 heterocycles. The molecule has 0 radical (unpaired) electrons. The quantitative estimate of drug-likeness (QED) is 0.335. The minimum absolute atomic E-state index is 0.606. The first-order chi connectivity index (χ1) is 14.6. The zero-order valence-electron chi connectivity index (χ0n) is 18.2. The summed E-state index contributed by atoms with van der Waals surface area (Å²) in [6.45, 7) is 3.99. The number of fused-ring (bicyclic) bond motifs is 1. The van der Waals surface area contributed by atoms with Crippen LogP contribution in [0.25, 0.3) is 22.2 Å². The van der Waals surface area contributed by atoms with Crippen molar-refractivity contribution in [1.29, 1.82) is 0 Å². The Morgan fingerprint density at radius 3 is 2.20 bits per heavy atom. The molecule has 0 N–H and O–H groups in total. The molecule has 0 atom stereocenters. The van der Waals surface area contributed by atoms with E-state index in [1.54, 1.807) is 0 Å². The first-order valence-electron chi connectivity index (χ1n) is 11.7. The molecule has 0 spiro atoms. The molecule has 2 aliphatic carbocycles. The van der Waals surface area contributed by atoms with Crippen LogP contribution < -0.4 is 0 Å². The van der Waals surface area contributed by atoms with E-state index in [4.69, 9.17) is 9.51 Å². The van der Waals surface area contributed by atoms with Gasteiger partial charge < -0.3 is 9.09 Å². The second-order valence-corrected chi connectivity index (χ2v) is 10.6. The predicted molar refractivity (Wildman–Crippen MR) is 130 cm³/mol. The molecule has 5 heteroatoms. The average Bonchev–Trinajstić information content (AvgIpc) is 3.28. The summed E-state index contributed by atoms with van der Waals surface area (Å²) in [5.41, 5.74) is 4.30. The third-order valence-corrected chi connectivity index (χ3v) is 8.39. The van der Waals surface area contributed by atoms with E-state index >= 15 is 0 Å². The summed E-state index contributed by atoms with van der Waals surface area (Å²) < 4.78 is 9.30. The SMILES string of the molecule is Cc1noc(C)c1-c1cnc2c(c1)c(I)cn2C(C1CCCCC1)C1CCCCC1. The van der Waals surface area contributed by atoms with Gasteiger partial charge in [0.2, 0.25) is 0 Å². The summed E-state index contributed by atoms with van der Waals surface area (Å²) in [5.74, 6) is 2.47. The molecular formula is C25H32IN3O. The van der Waals surface area contributed by atoms with Gasteiger partial charge in [0.25, 0.3) is 0 Å². The highest BCUT2D eigenvalue weighted by Gasteiger charge is 2.34. The molecule has 0 aromatic carbocycles. The third-order valence-electron chi connectivity index (χ3n) is 7.53. The Labute approximate surface area is 192 Å². The lowest BCUT2D eigenvalue weighted by Gasteiger charge is -2.39. The fourth-order valence-corrected chi connectivity index (χ4v) is 6.84. The van der Waals surface area contributed by atoms with Crippen LogP contribution in [0.4, 0.5) is 0 Å². The summed E-state index contributed by atoms with van der Waals surface area (Å²) >= 11 is 2.51. The first-order valence-corrected chi connectivity index (χ1v) is 12.8. The number of hydrogen-bond acceptors (Lipinski definition) is 3. The number of nitrogens with zero attached hydrogens (tertiary/aromatic N) is 3. The molecule has 3 aromatic rings. The smallest absolute Gasteiger partial charge is 0.141 e. The fraction of sp³-hybridized carbons (Fsp3) is 0.600. The van der Waals surface area contributed by atoms with E-state index in [9.17, 15) is 0 Å². The van der Waals surface area contributed by atoms with Crippen molar-refractivity contribution in [3.63, 3.8) is 0 Å². The largest absolute Gasteiger partial charge is 0.361 e. The maximum absolute atomic E-state index is 5.41. The van der Waals surface area contributed by atoms with Crippen LogP contribution in [0.15, 0.2) is 23.0 Å². The van der Waals surface area contributed by atoms with Crippen molar-refractivity contribution in [1.82, 2.24) is 14.7 Å². The summed E-state index contributed by atoms with van der Waals surface area (Å²) in [6, 6.07) is 2.90. The Morgan fingerprint density at radius 2 is 1.63 bits per heavy atom. The van der Waals surface area contributed by atoms with Crippen molar-refractivity contribution >= 4 is 33.6 Å². The van der Waals surface area contributed by atoms with Crippen molar-refractivity contribution in [3.8, 4) is 11.1 Å². The summed E-state index contributed by atoms with van der Waals surface area (Å²) in [6.07, 6.45) is 18.4. The number of aromatic nitrogens is 3. The van der Waals surface area contributed by atoms with Gasteiger partial charge in [-0.15, -0.1) is 0 Å². The van der Waals surface area contributed by atoms with E-state index in [0.29, 0.717) is 6.04 Å². The van der Waals surface area contributed by atoms with Crippen molar-refractivity contribution in [2.75, 3.05) is 0 Å². The number of rotatable bonds is 4. The molecule has 2 aliphatic rings. The van der Waals surface area contributed by atoms with Gasteiger partial charge in [-0.25, -0.2) is 4.98 Å². The van der Waals surface area contributed by atoms with Crippen LogP contribution in [-0.2, 0) is 0 Å². The fourth-order valence-electron chi connectivity index (χ4n) is 6.14. The minimum atomic E-state index is 0.606. The van der Waals surface area contributed by atoms with Gasteiger partial charge >= 0.3 is 0 Å². The maximum Gasteiger partial charge on any atom is 0.141 e. The highest BCUT2D eigenvalue weighted by atomic mass is 127. The predicted octanol–water partition coefficient (Wildman–Crippen LogP) is 7.61. The van der Waals surface area contributed by atoms with E-state index in [1.807, 2.05) is 20.0 Å². The van der Waals surface area contributed by atoms with E-state index in [1.165, 1.54) is 73.2 Å². The Bertz CT molecular complexity index is 987. The Balaban J connectivity index is 1.59. The second kappa shape index (κ2) is 8.64. The zero-order valence-corrected chi connectivity index (χ0v) is 20.3. The molecule has 0 aliphatic heterocycles. The molecule has 0 saturated heterocycles. The summed E-state index contributed by atoms with van der Waals surface area (Å²) in [5, 5.41) is 5.41. The van der Waals surface area contributed by atoms with Crippen LogP contribution in [0, 0.1) is 29.3 Å². The molecular weight excluding hydrogens is 485 g/mol. The summed E-state index contributed by atoms with van der Waals surface area (Å²) in [4.78, 5) is 5.04. The second-order valence-electron chi connectivity index (χ2n) is 9.47. The van der Waals surface area contributed by atoms with Gasteiger partial charge in [0, 0.05) is 38.5 Å². The van der Waals surface area contributed by atoms with E-state index < -0.39 is 0 Å². The normalized spacial score (nSPS) is 19.2. The van der Waals surface area contributed by atoms with E-state index in [-0.39, 0.29) is 0 Å². The number of halogens is 1. The van der Waals surface area contributed by atoms with Crippen LogP contribution in [-0.4, -0.2) is 14.7 Å². The molecule has 3 aromatic heterocycles. The molecule has 2 fully saturated rings. The Kier molecular flexibility index (Phi) is 5.91. The lowest BCUT2D eigenvalue weighted by Crippen LogP contribution is -2.30. The average molecular weight is 517 g/mol. The van der Waals surface area contributed by atoms with Crippen molar-refractivity contribution in [2.45, 2.75) is 84.1 Å². The maximum atomic E-state index is 5.41. The monoisotopic (exact) mass is 517 g/mol. The zero-order chi connectivity index (χ0) is 20.7. The van der Waals surface area contributed by atoms with Crippen LogP contribution >= 0.6 is 22.6 Å². The molecule has 0 unspecified atom stereocenters. The Hall–Kier alpha value is -1.37. The van der Waals surface area contributed by atoms with Gasteiger partial charge in [0.05, 0.1) is 5.69 Å². The van der Waals surface area contributed by atoms with Gasteiger partial charge in [-0.2, -0.15) is 0 Å². The molecule has 30 heavy (non-hydrogen) atoms. The topological polar surface area (TPSA) is 43.9 Å². The molecule has 2 saturated carbocycles. The first kappa shape index (κ1) is 20.5. The van der Waals surface area contributed by atoms with Gasteiger partial charge in [-0.3, -0.25) is 0 Å². The highest BCUT2D eigenvalue weighted by Crippen LogP contribution is 2.45. The molecule has 160 valence electrons. The van der Waals surface area contributed by atoms with Gasteiger partial charge in [0.1, 0.15) is 11.4 Å². The van der Waals surface area contributed by atoms with Crippen molar-refractivity contribution in [2.24, 2.45) is 11.8 Å². The molecule has 0 amide bonds. The van der Waals surface area contributed by atoms with Crippen molar-refractivity contribution < 1.29 is 4.52 Å². The lowest BCUT2D eigenvalue weighted by atomic mass is 9.73. The lowest BCUT2D eigenvalue weighted by molar-refractivity contribution is 0.152. The standard InChI is InChI=1S/C25H32IN3O/c1-16-23(17(2)30-28-16)20-13-21-22(26)15-29(25(21)27-14-20)24(18-9-5-3-6-10-18)19-11-7-4-8-12-19/h13-15,18-19,24H,3-12H2,1-2H3. The number of aryl methyl sites for hydroxylation is 2. The Morgan fingerprint density at radius 1 is 1.00 bits per heavy atom. The summed E-state index contributed by atoms with van der Waals surface area (Å²) in [7, 11) is 0. The molecule has 4 nitrogen and oxygen atoms in total. The highest BCUT2D eigenvalue weighted by molar-refractivity contribution is 14.1. The molecule has 5 rings (SSSR count). The van der Waals surface area contributed by atoms with Gasteiger partial charge in [0.15, 0.2) is 0 Å². The van der Waals surface area contributed by atoms with Crippen LogP contribution in [0.2, 0.25) is 0 Å². The van der Waals surface area contributed by atoms with Crippen LogP contribution in [0.5, 0.6) is 0 Å². The molecule has 0 bridgehead atoms. The van der Waals surface area contributed by atoms with Gasteiger partial charge in [-0.1, -0.05) is 43.7 Å². The van der Waals surface area contributed by atoms with Crippen molar-refractivity contribution in [3.05, 3.63) is 33.5 Å². The van der Waals surface area contributed by atoms with E-state index in [0.717, 1.165) is 40.1 Å². The van der Waals surface area contributed by atoms with Gasteiger partial charge in [-0.05, 0) is 80.0 Å². The van der Waals surface area contributed by atoms with Crippen LogP contribution in [0.3, 0.4) is 0 Å². The van der Waals surface area contributed by atoms with E-state index in [2.05, 4.69) is 44.6 Å². The number of pyridine rings is 1. The third kappa shape index (κ3) is 3.71. The van der Waals surface area contributed by atoms with Crippen LogP contribution in [0.1, 0.15) is 81.7 Å². The number of hydrogen-bond donors (Lipinski definition) is 0.